The van der Waals surface area contributed by atoms with Crippen molar-refractivity contribution < 1.29 is 4.92 Å². The van der Waals surface area contributed by atoms with Crippen LogP contribution in [0.2, 0.25) is 0 Å². The smallest absolute Gasteiger partial charge is 0.269 e. The van der Waals surface area contributed by atoms with Crippen LogP contribution >= 0.6 is 11.8 Å². The molecule has 0 saturated carbocycles. The molecule has 3 N–H and O–H groups in total. The summed E-state index contributed by atoms with van der Waals surface area (Å²) in [7, 11) is 0. The van der Waals surface area contributed by atoms with Crippen molar-refractivity contribution >= 4 is 23.3 Å². The van der Waals surface area contributed by atoms with Crippen LogP contribution in [-0.4, -0.2) is 16.5 Å². The fourth-order valence-electron chi connectivity index (χ4n) is 1.50. The Labute approximate surface area is 117 Å². The highest BCUT2D eigenvalue weighted by atomic mass is 32.2. The second kappa shape index (κ2) is 6.56. The highest BCUT2D eigenvalue weighted by Gasteiger charge is 2.20. The first kappa shape index (κ1) is 15.5. The Bertz CT molecular complexity index is 457. The van der Waals surface area contributed by atoms with Crippen LogP contribution in [0.3, 0.4) is 0 Å². The van der Waals surface area contributed by atoms with Gasteiger partial charge in [-0.25, -0.2) is 0 Å². The summed E-state index contributed by atoms with van der Waals surface area (Å²) in [6.07, 6.45) is 1.82. The van der Waals surface area contributed by atoms with E-state index in [-0.39, 0.29) is 16.9 Å². The molecule has 0 aliphatic rings. The molecule has 5 nitrogen and oxygen atoms in total. The molecule has 1 rings (SSSR count). The molecule has 0 saturated heterocycles. The third-order valence-electron chi connectivity index (χ3n) is 2.99. The van der Waals surface area contributed by atoms with Gasteiger partial charge in [-0.2, -0.15) is 0 Å². The molecule has 1 aromatic rings. The summed E-state index contributed by atoms with van der Waals surface area (Å²) in [5.41, 5.74) is 5.38. The van der Waals surface area contributed by atoms with Crippen LogP contribution < -0.4 is 5.73 Å². The Kier molecular flexibility index (Phi) is 5.35. The molecule has 0 fully saturated rings. The van der Waals surface area contributed by atoms with Crippen LogP contribution in [0.4, 0.5) is 5.69 Å². The number of nitro benzene ring substituents is 1. The minimum absolute atomic E-state index is 0.113. The number of benzene rings is 1. The van der Waals surface area contributed by atoms with Gasteiger partial charge in [0.05, 0.1) is 10.8 Å². The molecule has 0 radical (unpaired) electrons. The minimum Gasteiger partial charge on any atom is -0.387 e. The topological polar surface area (TPSA) is 93.0 Å². The minimum atomic E-state index is -0.399. The third-order valence-corrected chi connectivity index (χ3v) is 4.09. The van der Waals surface area contributed by atoms with Gasteiger partial charge in [-0.15, -0.1) is 11.8 Å². The summed E-state index contributed by atoms with van der Waals surface area (Å²) in [6.45, 7) is 3.93. The maximum absolute atomic E-state index is 10.5. The van der Waals surface area contributed by atoms with E-state index in [9.17, 15) is 10.1 Å². The van der Waals surface area contributed by atoms with Crippen molar-refractivity contribution in [3.05, 3.63) is 34.4 Å². The third kappa shape index (κ3) is 4.90. The van der Waals surface area contributed by atoms with E-state index < -0.39 is 4.92 Å². The monoisotopic (exact) mass is 281 g/mol. The molecular formula is C13H19N3O2S. The van der Waals surface area contributed by atoms with Crippen LogP contribution in [-0.2, 0) is 0 Å². The van der Waals surface area contributed by atoms with Crippen molar-refractivity contribution in [3.63, 3.8) is 0 Å². The van der Waals surface area contributed by atoms with E-state index in [2.05, 4.69) is 0 Å². The molecule has 1 aromatic carbocycles. The zero-order valence-electron chi connectivity index (χ0n) is 11.2. The summed E-state index contributed by atoms with van der Waals surface area (Å²) in [4.78, 5) is 11.1. The first-order valence-corrected chi connectivity index (χ1v) is 7.03. The number of non-ortho nitro benzene ring substituents is 1. The lowest BCUT2D eigenvalue weighted by molar-refractivity contribution is -0.384. The Morgan fingerprint density at radius 2 is 2.00 bits per heavy atom. The van der Waals surface area contributed by atoms with E-state index >= 15 is 0 Å². The Balaban J connectivity index is 2.38. The largest absolute Gasteiger partial charge is 0.387 e. The molecule has 104 valence electrons. The number of hydrogen-bond acceptors (Lipinski definition) is 4. The number of nitrogens with one attached hydrogen (secondary N) is 1. The molecule has 0 atom stereocenters. The molecule has 19 heavy (non-hydrogen) atoms. The van der Waals surface area contributed by atoms with E-state index in [0.29, 0.717) is 0 Å². The van der Waals surface area contributed by atoms with Gasteiger partial charge < -0.3 is 5.73 Å². The fraction of sp³-hybridized carbons (Fsp3) is 0.462. The molecule has 6 heteroatoms. The molecule has 0 bridgehead atoms. The summed E-state index contributed by atoms with van der Waals surface area (Å²) in [6, 6.07) is 6.56. The number of nitrogens with zero attached hydrogens (tertiary/aromatic N) is 1. The van der Waals surface area contributed by atoms with Crippen molar-refractivity contribution in [2.24, 2.45) is 11.1 Å². The lowest BCUT2D eigenvalue weighted by Gasteiger charge is -2.22. The summed E-state index contributed by atoms with van der Waals surface area (Å²) < 4.78 is 0. The fourth-order valence-corrected chi connectivity index (χ4v) is 2.36. The van der Waals surface area contributed by atoms with Crippen LogP contribution in [0.25, 0.3) is 0 Å². The van der Waals surface area contributed by atoms with Gasteiger partial charge in [0.15, 0.2) is 0 Å². The zero-order chi connectivity index (χ0) is 14.5. The predicted octanol–water partition coefficient (Wildman–Crippen LogP) is 3.43. The van der Waals surface area contributed by atoms with Gasteiger partial charge in [0.25, 0.3) is 5.69 Å². The highest BCUT2D eigenvalue weighted by Crippen LogP contribution is 2.26. The van der Waals surface area contributed by atoms with E-state index in [1.165, 1.54) is 12.1 Å². The number of nitro groups is 1. The van der Waals surface area contributed by atoms with Gasteiger partial charge in [-0.3, -0.25) is 15.5 Å². The summed E-state index contributed by atoms with van der Waals surface area (Å²) in [5, 5.41) is 18.0. The van der Waals surface area contributed by atoms with Crippen LogP contribution in [0.5, 0.6) is 0 Å². The standard InChI is InChI=1S/C13H19N3O2S/c1-13(2,12(14)15)8-3-9-19-11-6-4-10(5-7-11)16(17)18/h4-7H,3,8-9H2,1-2H3,(H3,14,15). The van der Waals surface area contributed by atoms with Crippen LogP contribution in [0, 0.1) is 20.9 Å². The Hall–Kier alpha value is -1.56. The number of thioether (sulfide) groups is 1. The molecular weight excluding hydrogens is 262 g/mol. The van der Waals surface area contributed by atoms with Gasteiger partial charge in [0.2, 0.25) is 0 Å². The normalized spacial score (nSPS) is 11.3. The maximum Gasteiger partial charge on any atom is 0.269 e. The summed E-state index contributed by atoms with van der Waals surface area (Å²) in [5.74, 6) is 1.13. The molecule has 0 unspecified atom stereocenters. The van der Waals surface area contributed by atoms with Gasteiger partial charge in [0, 0.05) is 22.4 Å². The number of hydrogen-bond donors (Lipinski definition) is 2. The van der Waals surface area contributed by atoms with Crippen LogP contribution in [0.1, 0.15) is 26.7 Å². The molecule has 0 amide bonds. The second-order valence-electron chi connectivity index (χ2n) is 5.00. The summed E-state index contributed by atoms with van der Waals surface area (Å²) >= 11 is 1.66. The van der Waals surface area contributed by atoms with Gasteiger partial charge in [-0.05, 0) is 30.7 Å². The molecule has 0 spiro atoms. The highest BCUT2D eigenvalue weighted by molar-refractivity contribution is 7.99. The molecule has 0 aliphatic heterocycles. The lowest BCUT2D eigenvalue weighted by Crippen LogP contribution is -2.30. The van der Waals surface area contributed by atoms with E-state index in [1.54, 1.807) is 23.9 Å². The first-order chi connectivity index (χ1) is 8.83. The van der Waals surface area contributed by atoms with Crippen molar-refractivity contribution in [1.82, 2.24) is 0 Å². The molecule has 0 aromatic heterocycles. The molecule has 0 aliphatic carbocycles. The van der Waals surface area contributed by atoms with Crippen molar-refractivity contribution in [1.29, 1.82) is 5.41 Å². The Morgan fingerprint density at radius 3 is 2.47 bits per heavy atom. The van der Waals surface area contributed by atoms with Gasteiger partial charge in [-0.1, -0.05) is 13.8 Å². The van der Waals surface area contributed by atoms with Crippen LogP contribution in [0.15, 0.2) is 29.2 Å². The SMILES string of the molecule is CC(C)(CCCSc1ccc([N+](=O)[O-])cc1)C(=N)N. The number of amidine groups is 1. The molecule has 0 heterocycles. The average Bonchev–Trinajstić information content (AvgIpc) is 2.35. The number of rotatable bonds is 7. The Morgan fingerprint density at radius 1 is 1.42 bits per heavy atom. The average molecular weight is 281 g/mol. The van der Waals surface area contributed by atoms with Gasteiger partial charge in [0.1, 0.15) is 0 Å². The lowest BCUT2D eigenvalue weighted by atomic mass is 9.87. The zero-order valence-corrected chi connectivity index (χ0v) is 12.0. The van der Waals surface area contributed by atoms with Crippen molar-refractivity contribution in [2.75, 3.05) is 5.75 Å². The second-order valence-corrected chi connectivity index (χ2v) is 6.17. The van der Waals surface area contributed by atoms with Gasteiger partial charge >= 0.3 is 0 Å². The quantitative estimate of drug-likeness (QED) is 0.200. The number of nitrogens with two attached hydrogens (primary N) is 1. The van der Waals surface area contributed by atoms with E-state index in [1.807, 2.05) is 13.8 Å². The van der Waals surface area contributed by atoms with Crippen molar-refractivity contribution in [2.45, 2.75) is 31.6 Å². The van der Waals surface area contributed by atoms with E-state index in [0.717, 1.165) is 23.5 Å². The predicted molar refractivity (Wildman–Crippen MR) is 78.7 cm³/mol. The van der Waals surface area contributed by atoms with Crippen molar-refractivity contribution in [3.8, 4) is 0 Å². The first-order valence-electron chi connectivity index (χ1n) is 6.05. The maximum atomic E-state index is 10.5. The van der Waals surface area contributed by atoms with E-state index in [4.69, 9.17) is 11.1 Å².